The quantitative estimate of drug-likeness (QED) is 0.757. The van der Waals surface area contributed by atoms with E-state index in [1.807, 2.05) is 32.0 Å². The van der Waals surface area contributed by atoms with Crippen molar-refractivity contribution in [2.45, 2.75) is 44.0 Å². The van der Waals surface area contributed by atoms with Gasteiger partial charge >= 0.3 is 0 Å². The molecular weight excluding hydrogens is 206 g/mol. The standard InChI is InChI=1S/C13H20ClN/c1-13(2,14)10-6-9-12(15)11-7-4-3-5-8-11/h3-5,7-8,12H,6,9-10,15H2,1-2H3. The Labute approximate surface area is 97.6 Å². The van der Waals surface area contributed by atoms with Gasteiger partial charge in [-0.1, -0.05) is 30.3 Å². The molecule has 0 saturated heterocycles. The first-order chi connectivity index (χ1) is 6.99. The summed E-state index contributed by atoms with van der Waals surface area (Å²) in [6.45, 7) is 4.09. The minimum absolute atomic E-state index is 0.101. The van der Waals surface area contributed by atoms with Gasteiger partial charge in [0.1, 0.15) is 0 Å². The molecule has 0 aliphatic heterocycles. The first kappa shape index (κ1) is 12.5. The average molecular weight is 226 g/mol. The van der Waals surface area contributed by atoms with E-state index in [2.05, 4.69) is 12.1 Å². The van der Waals surface area contributed by atoms with Crippen LogP contribution in [0.25, 0.3) is 0 Å². The van der Waals surface area contributed by atoms with Crippen LogP contribution in [0, 0.1) is 0 Å². The maximum Gasteiger partial charge on any atom is 0.0390 e. The highest BCUT2D eigenvalue weighted by Crippen LogP contribution is 2.23. The highest BCUT2D eigenvalue weighted by atomic mass is 35.5. The molecule has 1 rings (SSSR count). The first-order valence-electron chi connectivity index (χ1n) is 5.48. The summed E-state index contributed by atoms with van der Waals surface area (Å²) in [6, 6.07) is 10.4. The molecule has 1 aromatic carbocycles. The first-order valence-corrected chi connectivity index (χ1v) is 5.86. The Hall–Kier alpha value is -0.530. The monoisotopic (exact) mass is 225 g/mol. The lowest BCUT2D eigenvalue weighted by atomic mass is 9.98. The Bertz CT molecular complexity index is 276. The van der Waals surface area contributed by atoms with Crippen LogP contribution in [0.2, 0.25) is 0 Å². The predicted octanol–water partition coefficient (Wildman–Crippen LogP) is 3.87. The lowest BCUT2D eigenvalue weighted by Crippen LogP contribution is -2.14. The van der Waals surface area contributed by atoms with Crippen LogP contribution in [0.5, 0.6) is 0 Å². The van der Waals surface area contributed by atoms with Crippen molar-refractivity contribution in [3.63, 3.8) is 0 Å². The van der Waals surface area contributed by atoms with Crippen molar-refractivity contribution in [2.75, 3.05) is 0 Å². The van der Waals surface area contributed by atoms with E-state index in [9.17, 15) is 0 Å². The molecule has 0 fully saturated rings. The second-order valence-electron chi connectivity index (χ2n) is 4.63. The van der Waals surface area contributed by atoms with Crippen LogP contribution in [0.1, 0.15) is 44.7 Å². The Kier molecular flexibility index (Phi) is 4.62. The molecule has 0 amide bonds. The van der Waals surface area contributed by atoms with Gasteiger partial charge in [-0.2, -0.15) is 0 Å². The van der Waals surface area contributed by atoms with E-state index >= 15 is 0 Å². The van der Waals surface area contributed by atoms with Gasteiger partial charge in [-0.25, -0.2) is 0 Å². The zero-order valence-corrected chi connectivity index (χ0v) is 10.3. The minimum Gasteiger partial charge on any atom is -0.324 e. The Morgan fingerprint density at radius 3 is 2.40 bits per heavy atom. The molecule has 0 radical (unpaired) electrons. The number of rotatable bonds is 5. The van der Waals surface area contributed by atoms with Crippen molar-refractivity contribution >= 4 is 11.6 Å². The molecule has 1 atom stereocenters. The third kappa shape index (κ3) is 5.19. The molecule has 0 aromatic heterocycles. The summed E-state index contributed by atoms with van der Waals surface area (Å²) in [5.41, 5.74) is 7.29. The minimum atomic E-state index is -0.101. The van der Waals surface area contributed by atoms with E-state index in [0.717, 1.165) is 19.3 Å². The smallest absolute Gasteiger partial charge is 0.0390 e. The van der Waals surface area contributed by atoms with E-state index < -0.39 is 0 Å². The van der Waals surface area contributed by atoms with Gasteiger partial charge in [-0.3, -0.25) is 0 Å². The van der Waals surface area contributed by atoms with E-state index in [4.69, 9.17) is 17.3 Å². The number of hydrogen-bond acceptors (Lipinski definition) is 1. The largest absolute Gasteiger partial charge is 0.324 e. The van der Waals surface area contributed by atoms with Crippen molar-refractivity contribution in [1.29, 1.82) is 0 Å². The Balaban J connectivity index is 2.34. The van der Waals surface area contributed by atoms with Gasteiger partial charge in [0, 0.05) is 10.9 Å². The zero-order valence-electron chi connectivity index (χ0n) is 9.54. The molecule has 1 aromatic rings. The van der Waals surface area contributed by atoms with Crippen molar-refractivity contribution < 1.29 is 0 Å². The van der Waals surface area contributed by atoms with Crippen LogP contribution in [-0.4, -0.2) is 4.87 Å². The summed E-state index contributed by atoms with van der Waals surface area (Å²) in [5.74, 6) is 0. The van der Waals surface area contributed by atoms with Crippen molar-refractivity contribution in [2.24, 2.45) is 5.73 Å². The second-order valence-corrected chi connectivity index (χ2v) is 5.65. The van der Waals surface area contributed by atoms with Crippen molar-refractivity contribution in [3.05, 3.63) is 35.9 Å². The summed E-state index contributed by atoms with van der Waals surface area (Å²) in [7, 11) is 0. The van der Waals surface area contributed by atoms with Gasteiger partial charge in [-0.05, 0) is 38.7 Å². The molecule has 15 heavy (non-hydrogen) atoms. The van der Waals surface area contributed by atoms with Crippen LogP contribution >= 0.6 is 11.6 Å². The van der Waals surface area contributed by atoms with Crippen LogP contribution in [-0.2, 0) is 0 Å². The molecule has 84 valence electrons. The number of hydrogen-bond donors (Lipinski definition) is 1. The van der Waals surface area contributed by atoms with Crippen molar-refractivity contribution in [3.8, 4) is 0 Å². The highest BCUT2D eigenvalue weighted by molar-refractivity contribution is 6.23. The molecule has 2 heteroatoms. The van der Waals surface area contributed by atoms with E-state index in [1.165, 1.54) is 5.56 Å². The lowest BCUT2D eigenvalue weighted by molar-refractivity contribution is 0.528. The number of nitrogens with two attached hydrogens (primary N) is 1. The Morgan fingerprint density at radius 2 is 1.87 bits per heavy atom. The SMILES string of the molecule is CC(C)(Cl)CCCC(N)c1ccccc1. The topological polar surface area (TPSA) is 26.0 Å². The Morgan fingerprint density at radius 1 is 1.27 bits per heavy atom. The molecule has 2 N–H and O–H groups in total. The van der Waals surface area contributed by atoms with E-state index in [-0.39, 0.29) is 10.9 Å². The average Bonchev–Trinajstić information content (AvgIpc) is 2.17. The summed E-state index contributed by atoms with van der Waals surface area (Å²) in [6.07, 6.45) is 3.09. The lowest BCUT2D eigenvalue weighted by Gasteiger charge is -2.17. The zero-order chi connectivity index (χ0) is 11.3. The third-order valence-corrected chi connectivity index (χ3v) is 2.70. The summed E-state index contributed by atoms with van der Waals surface area (Å²) < 4.78 is 0. The van der Waals surface area contributed by atoms with Gasteiger partial charge in [0.15, 0.2) is 0 Å². The maximum absolute atomic E-state index is 6.12. The predicted molar refractivity (Wildman–Crippen MR) is 67.2 cm³/mol. The fourth-order valence-electron chi connectivity index (χ4n) is 1.61. The summed E-state index contributed by atoms with van der Waals surface area (Å²) in [5, 5.41) is 0. The van der Waals surface area contributed by atoms with E-state index in [0.29, 0.717) is 0 Å². The molecule has 1 unspecified atom stereocenters. The van der Waals surface area contributed by atoms with Crippen LogP contribution in [0.4, 0.5) is 0 Å². The molecule has 0 bridgehead atoms. The summed E-state index contributed by atoms with van der Waals surface area (Å²) in [4.78, 5) is -0.101. The van der Waals surface area contributed by atoms with Gasteiger partial charge in [0.25, 0.3) is 0 Å². The number of halogens is 1. The third-order valence-electron chi connectivity index (χ3n) is 2.51. The van der Waals surface area contributed by atoms with Crippen LogP contribution in [0.15, 0.2) is 30.3 Å². The number of benzene rings is 1. The van der Waals surface area contributed by atoms with Gasteiger partial charge in [0.05, 0.1) is 0 Å². The van der Waals surface area contributed by atoms with Crippen LogP contribution < -0.4 is 5.73 Å². The number of alkyl halides is 1. The molecule has 0 heterocycles. The maximum atomic E-state index is 6.12. The van der Waals surface area contributed by atoms with Gasteiger partial charge in [-0.15, -0.1) is 11.6 Å². The molecule has 0 aliphatic rings. The van der Waals surface area contributed by atoms with Crippen LogP contribution in [0.3, 0.4) is 0 Å². The molecule has 0 aliphatic carbocycles. The normalized spacial score (nSPS) is 13.9. The van der Waals surface area contributed by atoms with Gasteiger partial charge in [0.2, 0.25) is 0 Å². The fraction of sp³-hybridized carbons (Fsp3) is 0.538. The molecule has 0 spiro atoms. The second kappa shape index (κ2) is 5.53. The van der Waals surface area contributed by atoms with E-state index in [1.54, 1.807) is 0 Å². The molecule has 1 nitrogen and oxygen atoms in total. The fourth-order valence-corrected chi connectivity index (χ4v) is 1.74. The van der Waals surface area contributed by atoms with Crippen molar-refractivity contribution in [1.82, 2.24) is 0 Å². The summed E-state index contributed by atoms with van der Waals surface area (Å²) >= 11 is 6.12. The highest BCUT2D eigenvalue weighted by Gasteiger charge is 2.13. The van der Waals surface area contributed by atoms with Gasteiger partial charge < -0.3 is 5.73 Å². The molecule has 0 saturated carbocycles. The molecular formula is C13H20ClN.